The molecule has 0 unspecified atom stereocenters. The van der Waals surface area contributed by atoms with Crippen molar-refractivity contribution in [3.8, 4) is 5.88 Å². The van der Waals surface area contributed by atoms with Gasteiger partial charge in [-0.05, 0) is 18.6 Å². The van der Waals surface area contributed by atoms with E-state index in [4.69, 9.17) is 10.8 Å². The van der Waals surface area contributed by atoms with E-state index in [0.29, 0.717) is 0 Å². The Hall–Kier alpha value is -1.83. The summed E-state index contributed by atoms with van der Waals surface area (Å²) in [6, 6.07) is 1.11. The zero-order valence-corrected chi connectivity index (χ0v) is 8.71. The number of hydrogen-bond acceptors (Lipinski definition) is 4. The highest BCUT2D eigenvalue weighted by Gasteiger charge is 2.33. The van der Waals surface area contributed by atoms with Crippen molar-refractivity contribution in [1.82, 2.24) is 4.98 Å². The highest BCUT2D eigenvalue weighted by Crippen LogP contribution is 2.26. The molecule has 0 saturated heterocycles. The summed E-state index contributed by atoms with van der Waals surface area (Å²) >= 11 is 0. The van der Waals surface area contributed by atoms with Crippen LogP contribution in [0.2, 0.25) is 0 Å². The zero-order chi connectivity index (χ0) is 13.2. The number of carbonyl (C=O) groups is 1. The first-order chi connectivity index (χ1) is 7.74. The third-order valence-corrected chi connectivity index (χ3v) is 1.99. The van der Waals surface area contributed by atoms with E-state index in [-0.39, 0.29) is 17.7 Å². The predicted molar refractivity (Wildman–Crippen MR) is 50.5 cm³/mol. The molecule has 1 aromatic heterocycles. The maximum Gasteiger partial charge on any atom is 0.574 e. The lowest BCUT2D eigenvalue weighted by Gasteiger charge is -2.13. The van der Waals surface area contributed by atoms with Crippen molar-refractivity contribution in [2.75, 3.05) is 0 Å². The summed E-state index contributed by atoms with van der Waals surface area (Å²) in [5, 5.41) is 8.68. The number of hydrogen-bond donors (Lipinski definition) is 2. The van der Waals surface area contributed by atoms with Crippen LogP contribution in [0.15, 0.2) is 6.07 Å². The van der Waals surface area contributed by atoms with Crippen molar-refractivity contribution in [3.05, 3.63) is 22.9 Å². The van der Waals surface area contributed by atoms with Gasteiger partial charge in [-0.15, -0.1) is 13.2 Å². The van der Waals surface area contributed by atoms with Crippen LogP contribution in [0.3, 0.4) is 0 Å². The quantitative estimate of drug-likeness (QED) is 0.847. The number of alkyl halides is 3. The first-order valence-corrected chi connectivity index (χ1v) is 4.44. The van der Waals surface area contributed by atoms with E-state index in [1.807, 2.05) is 0 Å². The van der Waals surface area contributed by atoms with E-state index in [9.17, 15) is 18.0 Å². The Morgan fingerprint density at radius 1 is 1.59 bits per heavy atom. The Balaban J connectivity index is 3.28. The van der Waals surface area contributed by atoms with Crippen LogP contribution in [-0.4, -0.2) is 22.4 Å². The fourth-order valence-electron chi connectivity index (χ4n) is 1.17. The zero-order valence-electron chi connectivity index (χ0n) is 8.71. The minimum atomic E-state index is -4.93. The monoisotopic (exact) mass is 250 g/mol. The van der Waals surface area contributed by atoms with Gasteiger partial charge in [-0.2, -0.15) is 0 Å². The molecule has 0 saturated carbocycles. The number of nitrogens with two attached hydrogens (primary N) is 1. The summed E-state index contributed by atoms with van der Waals surface area (Å²) in [4.78, 5) is 13.9. The Bertz CT molecular complexity index is 446. The van der Waals surface area contributed by atoms with Crippen molar-refractivity contribution in [2.45, 2.75) is 19.8 Å². The molecule has 0 amide bonds. The second-order valence-electron chi connectivity index (χ2n) is 3.15. The highest BCUT2D eigenvalue weighted by molar-refractivity contribution is 5.85. The average Bonchev–Trinajstić information content (AvgIpc) is 2.18. The lowest BCUT2D eigenvalue weighted by atomic mass is 10.1. The molecule has 0 fully saturated rings. The largest absolute Gasteiger partial charge is 0.574 e. The number of aromatic carboxylic acids is 1. The molecule has 5 nitrogen and oxygen atoms in total. The number of pyridine rings is 1. The third-order valence-electron chi connectivity index (χ3n) is 1.99. The SMILES string of the molecule is Cc1c(CN)cc(C(=O)O)nc1OC(F)(F)F. The molecule has 0 aliphatic carbocycles. The Morgan fingerprint density at radius 2 is 2.18 bits per heavy atom. The van der Waals surface area contributed by atoms with Gasteiger partial charge in [-0.3, -0.25) is 0 Å². The highest BCUT2D eigenvalue weighted by atomic mass is 19.4. The van der Waals surface area contributed by atoms with Crippen molar-refractivity contribution in [2.24, 2.45) is 5.73 Å². The average molecular weight is 250 g/mol. The normalized spacial score (nSPS) is 11.4. The molecule has 0 atom stereocenters. The first kappa shape index (κ1) is 13.2. The lowest BCUT2D eigenvalue weighted by molar-refractivity contribution is -0.276. The molecule has 0 spiro atoms. The van der Waals surface area contributed by atoms with Gasteiger partial charge < -0.3 is 15.6 Å². The fourth-order valence-corrected chi connectivity index (χ4v) is 1.17. The van der Waals surface area contributed by atoms with Gasteiger partial charge in [0.25, 0.3) is 0 Å². The van der Waals surface area contributed by atoms with Crippen LogP contribution in [0, 0.1) is 6.92 Å². The molecular formula is C9H9F3N2O3. The topological polar surface area (TPSA) is 85.4 Å². The van der Waals surface area contributed by atoms with Gasteiger partial charge in [0.15, 0.2) is 5.69 Å². The Labute approximate surface area is 94.0 Å². The van der Waals surface area contributed by atoms with E-state index in [0.717, 1.165) is 6.07 Å². The van der Waals surface area contributed by atoms with Gasteiger partial charge >= 0.3 is 12.3 Å². The van der Waals surface area contributed by atoms with Gasteiger partial charge in [-0.25, -0.2) is 9.78 Å². The van der Waals surface area contributed by atoms with Gasteiger partial charge in [0.05, 0.1) is 0 Å². The minimum absolute atomic E-state index is 0.0647. The number of ether oxygens (including phenoxy) is 1. The molecule has 0 bridgehead atoms. The molecule has 8 heteroatoms. The van der Waals surface area contributed by atoms with Gasteiger partial charge in [0, 0.05) is 12.1 Å². The summed E-state index contributed by atoms with van der Waals surface area (Å²) in [6.07, 6.45) is -4.93. The standard InChI is InChI=1S/C9H9F3N2O3/c1-4-5(3-13)2-6(8(15)16)14-7(4)17-9(10,11)12/h2H,3,13H2,1H3,(H,15,16). The summed E-state index contributed by atoms with van der Waals surface area (Å²) in [5.41, 5.74) is 5.05. The molecule has 0 radical (unpaired) electrons. The second-order valence-corrected chi connectivity index (χ2v) is 3.15. The minimum Gasteiger partial charge on any atom is -0.477 e. The maximum absolute atomic E-state index is 12.0. The molecule has 1 rings (SSSR count). The van der Waals surface area contributed by atoms with Gasteiger partial charge in [0.2, 0.25) is 5.88 Å². The van der Waals surface area contributed by atoms with Crippen LogP contribution >= 0.6 is 0 Å². The molecule has 1 aromatic rings. The van der Waals surface area contributed by atoms with Crippen molar-refractivity contribution < 1.29 is 27.8 Å². The second kappa shape index (κ2) is 4.58. The van der Waals surface area contributed by atoms with Crippen LogP contribution in [0.25, 0.3) is 0 Å². The summed E-state index contributed by atoms with van der Waals surface area (Å²) < 4.78 is 39.8. The molecular weight excluding hydrogens is 241 g/mol. The number of rotatable bonds is 3. The number of halogens is 3. The molecule has 0 aliphatic rings. The Morgan fingerprint density at radius 3 is 2.59 bits per heavy atom. The lowest BCUT2D eigenvalue weighted by Crippen LogP contribution is -2.20. The predicted octanol–water partition coefficient (Wildman–Crippen LogP) is 1.45. The van der Waals surface area contributed by atoms with Crippen molar-refractivity contribution in [1.29, 1.82) is 0 Å². The van der Waals surface area contributed by atoms with Crippen LogP contribution < -0.4 is 10.5 Å². The number of carboxylic acid groups (broad SMARTS) is 1. The summed E-state index contributed by atoms with van der Waals surface area (Å²) in [7, 11) is 0. The van der Waals surface area contributed by atoms with Crippen LogP contribution in [0.4, 0.5) is 13.2 Å². The molecule has 3 N–H and O–H groups in total. The van der Waals surface area contributed by atoms with Crippen molar-refractivity contribution in [3.63, 3.8) is 0 Å². The van der Waals surface area contributed by atoms with Crippen LogP contribution in [0.5, 0.6) is 5.88 Å². The fraction of sp³-hybridized carbons (Fsp3) is 0.333. The van der Waals surface area contributed by atoms with Gasteiger partial charge in [-0.1, -0.05) is 0 Å². The van der Waals surface area contributed by atoms with Crippen LogP contribution in [0.1, 0.15) is 21.6 Å². The number of aromatic nitrogens is 1. The summed E-state index contributed by atoms with van der Waals surface area (Å²) in [5.74, 6) is -2.25. The number of nitrogens with zero attached hydrogens (tertiary/aromatic N) is 1. The van der Waals surface area contributed by atoms with Crippen LogP contribution in [-0.2, 0) is 6.54 Å². The first-order valence-electron chi connectivity index (χ1n) is 4.44. The molecule has 1 heterocycles. The molecule has 17 heavy (non-hydrogen) atoms. The van der Waals surface area contributed by atoms with E-state index in [1.54, 1.807) is 0 Å². The third kappa shape index (κ3) is 3.31. The van der Waals surface area contributed by atoms with E-state index >= 15 is 0 Å². The van der Waals surface area contributed by atoms with E-state index < -0.39 is 23.9 Å². The Kier molecular flexibility index (Phi) is 3.56. The molecule has 0 aliphatic heterocycles. The van der Waals surface area contributed by atoms with E-state index in [2.05, 4.69) is 9.72 Å². The molecule has 0 aromatic carbocycles. The smallest absolute Gasteiger partial charge is 0.477 e. The van der Waals surface area contributed by atoms with E-state index in [1.165, 1.54) is 6.92 Å². The number of carboxylic acids is 1. The van der Waals surface area contributed by atoms with Crippen molar-refractivity contribution >= 4 is 5.97 Å². The molecule has 94 valence electrons. The summed E-state index contributed by atoms with van der Waals surface area (Å²) in [6.45, 7) is 1.21. The maximum atomic E-state index is 12.0. The van der Waals surface area contributed by atoms with Gasteiger partial charge in [0.1, 0.15) is 0 Å².